The van der Waals surface area contributed by atoms with Crippen molar-refractivity contribution in [2.45, 2.75) is 19.0 Å². The summed E-state index contributed by atoms with van der Waals surface area (Å²) in [6, 6.07) is 0. The number of nitrogens with one attached hydrogen (secondary N) is 2. The number of carbonyl (C=O) groups excluding carboxylic acids is 1. The second kappa shape index (κ2) is 7.12. The van der Waals surface area contributed by atoms with Crippen LogP contribution in [0, 0.1) is 12.3 Å². The van der Waals surface area contributed by atoms with Crippen LogP contribution in [-0.2, 0) is 4.79 Å². The van der Waals surface area contributed by atoms with Crippen LogP contribution in [0.2, 0.25) is 0 Å². The molecule has 15 heavy (non-hydrogen) atoms. The fourth-order valence-corrected chi connectivity index (χ4v) is 0.827. The Morgan fingerprint density at radius 3 is 2.60 bits per heavy atom. The first-order valence-electron chi connectivity index (χ1n) is 4.43. The third-order valence-corrected chi connectivity index (χ3v) is 1.47. The average molecular weight is 222 g/mol. The lowest BCUT2D eigenvalue weighted by Gasteiger charge is -2.07. The van der Waals surface area contributed by atoms with Crippen molar-refractivity contribution in [3.63, 3.8) is 0 Å². The summed E-state index contributed by atoms with van der Waals surface area (Å²) < 4.78 is 35.0. The number of hydrogen-bond acceptors (Lipinski definition) is 2. The summed E-state index contributed by atoms with van der Waals surface area (Å²) in [4.78, 5) is 10.9. The van der Waals surface area contributed by atoms with Gasteiger partial charge in [-0.1, -0.05) is 5.92 Å². The van der Waals surface area contributed by atoms with Gasteiger partial charge in [-0.05, 0) is 6.42 Å². The number of hydrogen-bond donors (Lipinski definition) is 2. The Bertz CT molecular complexity index is 232. The Hall–Kier alpha value is -1.22. The minimum Gasteiger partial charge on any atom is -0.355 e. The summed E-state index contributed by atoms with van der Waals surface area (Å²) >= 11 is 0. The molecule has 0 bridgehead atoms. The Morgan fingerprint density at radius 2 is 2.07 bits per heavy atom. The van der Waals surface area contributed by atoms with Crippen molar-refractivity contribution in [1.29, 1.82) is 0 Å². The monoisotopic (exact) mass is 222 g/mol. The molecule has 2 N–H and O–H groups in total. The third-order valence-electron chi connectivity index (χ3n) is 1.47. The SMILES string of the molecule is C#CCNCC(=O)NCCCC(F)(F)F. The van der Waals surface area contributed by atoms with Gasteiger partial charge in [0.1, 0.15) is 0 Å². The van der Waals surface area contributed by atoms with E-state index >= 15 is 0 Å². The van der Waals surface area contributed by atoms with Crippen LogP contribution in [0.1, 0.15) is 12.8 Å². The molecule has 3 nitrogen and oxygen atoms in total. The van der Waals surface area contributed by atoms with Crippen molar-refractivity contribution in [3.05, 3.63) is 0 Å². The minimum absolute atomic E-state index is 0.0239. The topological polar surface area (TPSA) is 41.1 Å². The lowest BCUT2D eigenvalue weighted by molar-refractivity contribution is -0.136. The van der Waals surface area contributed by atoms with Crippen LogP contribution >= 0.6 is 0 Å². The zero-order valence-corrected chi connectivity index (χ0v) is 8.16. The number of halogens is 3. The summed E-state index contributed by atoms with van der Waals surface area (Å²) in [6.45, 7) is 0.308. The fourth-order valence-electron chi connectivity index (χ4n) is 0.827. The van der Waals surface area contributed by atoms with Crippen LogP contribution in [0.3, 0.4) is 0 Å². The molecule has 0 spiro atoms. The molecular weight excluding hydrogens is 209 g/mol. The van der Waals surface area contributed by atoms with E-state index in [1.54, 1.807) is 0 Å². The summed E-state index contributed by atoms with van der Waals surface area (Å²) in [6.07, 6.45) is -0.236. The molecule has 6 heteroatoms. The lowest BCUT2D eigenvalue weighted by atomic mass is 10.3. The predicted molar refractivity (Wildman–Crippen MR) is 50.0 cm³/mol. The molecule has 1 amide bonds. The van der Waals surface area contributed by atoms with Crippen LogP contribution < -0.4 is 10.6 Å². The molecule has 0 heterocycles. The van der Waals surface area contributed by atoms with Crippen LogP contribution in [0.25, 0.3) is 0 Å². The van der Waals surface area contributed by atoms with Crippen LogP contribution in [0.15, 0.2) is 0 Å². The van der Waals surface area contributed by atoms with E-state index in [0.717, 1.165) is 0 Å². The zero-order chi connectivity index (χ0) is 11.7. The summed E-state index contributed by atoms with van der Waals surface area (Å²) in [5, 5.41) is 4.97. The van der Waals surface area contributed by atoms with Gasteiger partial charge in [-0.25, -0.2) is 0 Å². The van der Waals surface area contributed by atoms with E-state index in [1.807, 2.05) is 0 Å². The highest BCUT2D eigenvalue weighted by atomic mass is 19.4. The number of amides is 1. The Labute approximate surface area is 86.4 Å². The molecule has 0 saturated carbocycles. The largest absolute Gasteiger partial charge is 0.389 e. The Kier molecular flexibility index (Phi) is 6.54. The minimum atomic E-state index is -4.16. The maximum absolute atomic E-state index is 11.7. The van der Waals surface area contributed by atoms with Gasteiger partial charge in [0.25, 0.3) is 0 Å². The normalized spacial score (nSPS) is 10.8. The van der Waals surface area contributed by atoms with Crippen molar-refractivity contribution >= 4 is 5.91 Å². The van der Waals surface area contributed by atoms with Gasteiger partial charge in [0, 0.05) is 13.0 Å². The van der Waals surface area contributed by atoms with Gasteiger partial charge >= 0.3 is 6.18 Å². The molecule has 0 aliphatic rings. The van der Waals surface area contributed by atoms with Crippen LogP contribution in [0.4, 0.5) is 13.2 Å². The van der Waals surface area contributed by atoms with Crippen molar-refractivity contribution in [2.75, 3.05) is 19.6 Å². The highest BCUT2D eigenvalue weighted by Crippen LogP contribution is 2.20. The van der Waals surface area contributed by atoms with Gasteiger partial charge in [0.15, 0.2) is 0 Å². The number of terminal acetylenes is 1. The van der Waals surface area contributed by atoms with E-state index in [0.29, 0.717) is 0 Å². The molecule has 0 saturated heterocycles. The van der Waals surface area contributed by atoms with Gasteiger partial charge in [-0.3, -0.25) is 10.1 Å². The van der Waals surface area contributed by atoms with Gasteiger partial charge in [0.05, 0.1) is 13.1 Å². The second-order valence-corrected chi connectivity index (χ2v) is 2.88. The number of carbonyl (C=O) groups is 1. The molecule has 0 aromatic rings. The van der Waals surface area contributed by atoms with E-state index in [2.05, 4.69) is 16.6 Å². The van der Waals surface area contributed by atoms with Gasteiger partial charge in [-0.15, -0.1) is 6.42 Å². The first-order chi connectivity index (χ1) is 6.95. The molecule has 0 aliphatic carbocycles. The third kappa shape index (κ3) is 10.7. The van der Waals surface area contributed by atoms with E-state index in [-0.39, 0.29) is 32.0 Å². The number of rotatable bonds is 6. The lowest BCUT2D eigenvalue weighted by Crippen LogP contribution is -2.34. The highest BCUT2D eigenvalue weighted by molar-refractivity contribution is 5.77. The molecule has 0 radical (unpaired) electrons. The average Bonchev–Trinajstić information content (AvgIpc) is 2.11. The molecule has 0 aromatic carbocycles. The predicted octanol–water partition coefficient (Wildman–Crippen LogP) is 0.668. The molecule has 0 rings (SSSR count). The molecule has 0 atom stereocenters. The van der Waals surface area contributed by atoms with Crippen molar-refractivity contribution in [1.82, 2.24) is 10.6 Å². The summed E-state index contributed by atoms with van der Waals surface area (Å²) in [5.41, 5.74) is 0. The van der Waals surface area contributed by atoms with Crippen LogP contribution in [-0.4, -0.2) is 31.7 Å². The zero-order valence-electron chi connectivity index (χ0n) is 8.16. The summed E-state index contributed by atoms with van der Waals surface area (Å²) in [7, 11) is 0. The maximum atomic E-state index is 11.7. The molecule has 0 fully saturated rings. The van der Waals surface area contributed by atoms with Crippen LogP contribution in [0.5, 0.6) is 0 Å². The Balaban J connectivity index is 3.36. The highest BCUT2D eigenvalue weighted by Gasteiger charge is 2.25. The van der Waals surface area contributed by atoms with Crippen molar-refractivity contribution < 1.29 is 18.0 Å². The smallest absolute Gasteiger partial charge is 0.355 e. The first kappa shape index (κ1) is 13.8. The molecule has 86 valence electrons. The maximum Gasteiger partial charge on any atom is 0.389 e. The van der Waals surface area contributed by atoms with Gasteiger partial charge < -0.3 is 5.32 Å². The first-order valence-corrected chi connectivity index (χ1v) is 4.43. The molecule has 0 aromatic heterocycles. The number of alkyl halides is 3. The van der Waals surface area contributed by atoms with Crippen molar-refractivity contribution in [2.24, 2.45) is 0 Å². The molecule has 0 aliphatic heterocycles. The van der Waals surface area contributed by atoms with E-state index in [9.17, 15) is 18.0 Å². The second-order valence-electron chi connectivity index (χ2n) is 2.88. The van der Waals surface area contributed by atoms with Gasteiger partial charge in [-0.2, -0.15) is 13.2 Å². The summed E-state index contributed by atoms with van der Waals surface area (Å²) in [5.74, 6) is 1.92. The van der Waals surface area contributed by atoms with E-state index < -0.39 is 12.6 Å². The molecular formula is C9H13F3N2O. The van der Waals surface area contributed by atoms with Crippen molar-refractivity contribution in [3.8, 4) is 12.3 Å². The van der Waals surface area contributed by atoms with E-state index in [4.69, 9.17) is 6.42 Å². The van der Waals surface area contributed by atoms with Gasteiger partial charge in [0.2, 0.25) is 5.91 Å². The quantitative estimate of drug-likeness (QED) is 0.512. The Morgan fingerprint density at radius 1 is 1.40 bits per heavy atom. The fraction of sp³-hybridized carbons (Fsp3) is 0.667. The molecule has 0 unspecified atom stereocenters. The standard InChI is InChI=1S/C9H13F3N2O/c1-2-5-13-7-8(15)14-6-3-4-9(10,11)12/h1,13H,3-7H2,(H,14,15). The van der Waals surface area contributed by atoms with E-state index in [1.165, 1.54) is 0 Å².